The number of benzene rings is 1. The highest BCUT2D eigenvalue weighted by molar-refractivity contribution is 6.05. The highest BCUT2D eigenvalue weighted by atomic mass is 16.6. The molecule has 0 radical (unpaired) electrons. The number of aromatic hydroxyl groups is 1. The summed E-state index contributed by atoms with van der Waals surface area (Å²) in [7, 11) is 0. The van der Waals surface area contributed by atoms with E-state index >= 15 is 0 Å². The van der Waals surface area contributed by atoms with E-state index in [1.807, 2.05) is 0 Å². The fraction of sp³-hybridized carbons (Fsp3) is 0.200. The van der Waals surface area contributed by atoms with Crippen LogP contribution in [0.25, 0.3) is 0 Å². The lowest BCUT2D eigenvalue weighted by molar-refractivity contribution is -0.131. The van der Waals surface area contributed by atoms with E-state index in [2.05, 4.69) is 10.5 Å². The van der Waals surface area contributed by atoms with E-state index in [9.17, 15) is 9.90 Å². The van der Waals surface area contributed by atoms with Crippen molar-refractivity contribution in [2.75, 3.05) is 0 Å². The lowest BCUT2D eigenvalue weighted by Gasteiger charge is -2.08. The molecular weight excluding hydrogens is 272 g/mol. The number of nitrogens with zero attached hydrogens (tertiary/aromatic N) is 1. The Kier molecular flexibility index (Phi) is 3.59. The van der Waals surface area contributed by atoms with Gasteiger partial charge in [0.15, 0.2) is 0 Å². The first-order valence-corrected chi connectivity index (χ1v) is 6.55. The van der Waals surface area contributed by atoms with E-state index < -0.39 is 6.10 Å². The minimum absolute atomic E-state index is 0.122. The van der Waals surface area contributed by atoms with Crippen LogP contribution in [-0.2, 0) is 16.2 Å². The molecule has 0 saturated carbocycles. The largest absolute Gasteiger partial charge is 0.507 e. The molecular formula is C15H14N2O4. The number of carbonyl (C=O) groups excluding carboxylic acids is 1. The normalized spacial score (nSPS) is 17.1. The molecule has 0 spiro atoms. The molecule has 6 heteroatoms. The van der Waals surface area contributed by atoms with Crippen molar-refractivity contribution >= 4 is 11.6 Å². The molecule has 108 valence electrons. The van der Waals surface area contributed by atoms with E-state index in [1.165, 1.54) is 0 Å². The van der Waals surface area contributed by atoms with Crippen molar-refractivity contribution in [2.24, 2.45) is 5.16 Å². The summed E-state index contributed by atoms with van der Waals surface area (Å²) in [6.45, 7) is 0.303. The Morgan fingerprint density at radius 1 is 1.33 bits per heavy atom. The first-order valence-electron chi connectivity index (χ1n) is 6.55. The predicted octanol–water partition coefficient (Wildman–Crippen LogP) is 1.79. The van der Waals surface area contributed by atoms with Crippen molar-refractivity contribution in [2.45, 2.75) is 19.1 Å². The molecule has 1 aliphatic rings. The number of hydrogen-bond acceptors (Lipinski definition) is 5. The summed E-state index contributed by atoms with van der Waals surface area (Å²) in [5.74, 6) is 0.528. The van der Waals surface area contributed by atoms with Crippen molar-refractivity contribution < 1.29 is 19.2 Å². The van der Waals surface area contributed by atoms with Gasteiger partial charge in [-0.25, -0.2) is 0 Å². The molecule has 0 unspecified atom stereocenters. The number of phenols is 1. The Labute approximate surface area is 121 Å². The number of para-hydroxylation sites is 1. The van der Waals surface area contributed by atoms with Crippen LogP contribution in [0, 0.1) is 0 Å². The van der Waals surface area contributed by atoms with E-state index in [1.54, 1.807) is 42.7 Å². The number of furan rings is 1. The van der Waals surface area contributed by atoms with Crippen molar-refractivity contribution in [3.05, 3.63) is 54.0 Å². The highest BCUT2D eigenvalue weighted by Crippen LogP contribution is 2.23. The Balaban J connectivity index is 1.58. The predicted molar refractivity (Wildman–Crippen MR) is 74.7 cm³/mol. The first-order chi connectivity index (χ1) is 10.2. The van der Waals surface area contributed by atoms with Gasteiger partial charge in [0.2, 0.25) is 6.10 Å². The first kappa shape index (κ1) is 13.2. The van der Waals surface area contributed by atoms with Crippen LogP contribution in [0.1, 0.15) is 17.7 Å². The molecule has 1 aromatic heterocycles. The maximum Gasteiger partial charge on any atom is 0.264 e. The molecule has 1 aliphatic heterocycles. The number of amides is 1. The van der Waals surface area contributed by atoms with E-state index in [-0.39, 0.29) is 11.7 Å². The van der Waals surface area contributed by atoms with E-state index in [0.29, 0.717) is 30.0 Å². The average Bonchev–Trinajstić information content (AvgIpc) is 3.17. The lowest BCUT2D eigenvalue weighted by atomic mass is 10.0. The zero-order valence-electron chi connectivity index (χ0n) is 11.2. The van der Waals surface area contributed by atoms with Gasteiger partial charge in [-0.2, -0.15) is 0 Å². The van der Waals surface area contributed by atoms with Crippen molar-refractivity contribution in [3.63, 3.8) is 0 Å². The van der Waals surface area contributed by atoms with Crippen LogP contribution in [-0.4, -0.2) is 22.8 Å². The van der Waals surface area contributed by atoms with Crippen LogP contribution in [0.3, 0.4) is 0 Å². The second-order valence-corrected chi connectivity index (χ2v) is 4.65. The molecule has 0 saturated heterocycles. The van der Waals surface area contributed by atoms with Crippen molar-refractivity contribution in [3.8, 4) is 5.75 Å². The fourth-order valence-electron chi connectivity index (χ4n) is 2.10. The van der Waals surface area contributed by atoms with E-state index in [4.69, 9.17) is 9.25 Å². The minimum atomic E-state index is -0.686. The van der Waals surface area contributed by atoms with Crippen LogP contribution < -0.4 is 5.32 Å². The molecule has 0 aliphatic carbocycles. The van der Waals surface area contributed by atoms with E-state index in [0.717, 1.165) is 0 Å². The van der Waals surface area contributed by atoms with Gasteiger partial charge in [-0.05, 0) is 24.3 Å². The average molecular weight is 286 g/mol. The zero-order valence-corrected chi connectivity index (χ0v) is 11.2. The summed E-state index contributed by atoms with van der Waals surface area (Å²) in [6, 6.07) is 10.4. The second-order valence-electron chi connectivity index (χ2n) is 4.65. The number of hydrogen-bond donors (Lipinski definition) is 2. The van der Waals surface area contributed by atoms with Gasteiger partial charge < -0.3 is 19.7 Å². The maximum atomic E-state index is 12.0. The smallest absolute Gasteiger partial charge is 0.264 e. The molecule has 1 atom stereocenters. The topological polar surface area (TPSA) is 84.1 Å². The van der Waals surface area contributed by atoms with Gasteiger partial charge in [0.25, 0.3) is 5.91 Å². The monoisotopic (exact) mass is 286 g/mol. The maximum absolute atomic E-state index is 12.0. The summed E-state index contributed by atoms with van der Waals surface area (Å²) in [6.07, 6.45) is 1.18. The molecule has 2 N–H and O–H groups in total. The molecule has 3 rings (SSSR count). The van der Waals surface area contributed by atoms with Crippen LogP contribution in [0.5, 0.6) is 5.75 Å². The fourth-order valence-corrected chi connectivity index (χ4v) is 2.10. The Morgan fingerprint density at radius 3 is 2.95 bits per heavy atom. The Morgan fingerprint density at radius 2 is 2.19 bits per heavy atom. The molecule has 6 nitrogen and oxygen atoms in total. The lowest BCUT2D eigenvalue weighted by Crippen LogP contribution is -2.34. The van der Waals surface area contributed by atoms with Gasteiger partial charge >= 0.3 is 0 Å². The number of phenolic OH excluding ortho intramolecular Hbond substituents is 1. The molecule has 2 aromatic rings. The molecule has 2 heterocycles. The molecule has 21 heavy (non-hydrogen) atoms. The summed E-state index contributed by atoms with van der Waals surface area (Å²) < 4.78 is 5.14. The molecule has 0 bridgehead atoms. The third kappa shape index (κ3) is 2.89. The van der Waals surface area contributed by atoms with Crippen molar-refractivity contribution in [1.29, 1.82) is 0 Å². The van der Waals surface area contributed by atoms with Crippen LogP contribution >= 0.6 is 0 Å². The molecule has 1 aromatic carbocycles. The molecule has 1 amide bonds. The highest BCUT2D eigenvalue weighted by Gasteiger charge is 2.29. The van der Waals surface area contributed by atoms with Gasteiger partial charge in [-0.1, -0.05) is 17.3 Å². The van der Waals surface area contributed by atoms with Crippen LogP contribution in [0.15, 0.2) is 52.2 Å². The third-order valence-corrected chi connectivity index (χ3v) is 3.19. The quantitative estimate of drug-likeness (QED) is 0.897. The number of carbonyl (C=O) groups is 1. The Bertz CT molecular complexity index is 664. The zero-order chi connectivity index (χ0) is 14.7. The van der Waals surface area contributed by atoms with Crippen LogP contribution in [0.4, 0.5) is 0 Å². The minimum Gasteiger partial charge on any atom is -0.507 e. The number of oxime groups is 1. The number of nitrogens with one attached hydrogen (secondary N) is 1. The summed E-state index contributed by atoms with van der Waals surface area (Å²) in [4.78, 5) is 17.1. The molecule has 0 fully saturated rings. The number of rotatable bonds is 4. The summed E-state index contributed by atoms with van der Waals surface area (Å²) >= 11 is 0. The summed E-state index contributed by atoms with van der Waals surface area (Å²) in [5, 5.41) is 16.4. The van der Waals surface area contributed by atoms with Gasteiger partial charge in [-0.15, -0.1) is 0 Å². The van der Waals surface area contributed by atoms with Gasteiger partial charge in [0.1, 0.15) is 11.5 Å². The van der Waals surface area contributed by atoms with Crippen molar-refractivity contribution in [1.82, 2.24) is 5.32 Å². The Hall–Kier alpha value is -2.76. The van der Waals surface area contributed by atoms with Gasteiger partial charge in [-0.3, -0.25) is 4.79 Å². The summed E-state index contributed by atoms with van der Waals surface area (Å²) in [5.41, 5.74) is 1.14. The van der Waals surface area contributed by atoms with Gasteiger partial charge in [0, 0.05) is 12.0 Å². The standard InChI is InChI=1S/C15H14N2O4/c18-13-6-2-1-5-11(13)12-8-14(21-17-12)15(19)16-9-10-4-3-7-20-10/h1-7,14,18H,8-9H2,(H,16,19)/t14-/m1/s1. The van der Waals surface area contributed by atoms with Crippen LogP contribution in [0.2, 0.25) is 0 Å². The third-order valence-electron chi connectivity index (χ3n) is 3.19. The van der Waals surface area contributed by atoms with Gasteiger partial charge in [0.05, 0.1) is 18.5 Å². The second kappa shape index (κ2) is 5.70. The SMILES string of the molecule is O=C(NCc1ccco1)[C@H]1CC(c2ccccc2O)=NO1.